The molecule has 1 aromatic carbocycles. The molecule has 0 radical (unpaired) electrons. The van der Waals surface area contributed by atoms with Gasteiger partial charge >= 0.3 is 0 Å². The van der Waals surface area contributed by atoms with E-state index in [1.807, 2.05) is 24.3 Å². The highest BCUT2D eigenvalue weighted by atomic mass is 79.9. The topological polar surface area (TPSA) is 15.6 Å². The number of nitrogens with zero attached hydrogens (tertiary/aromatic N) is 2. The fourth-order valence-electron chi connectivity index (χ4n) is 1.80. The maximum absolute atomic E-state index is 4.60. The van der Waals surface area contributed by atoms with E-state index in [0.717, 1.165) is 22.5 Å². The predicted octanol–water partition coefficient (Wildman–Crippen LogP) is 3.38. The first-order chi connectivity index (χ1) is 7.34. The minimum Gasteiger partial charge on any atom is -0.328 e. The highest BCUT2D eigenvalue weighted by Crippen LogP contribution is 2.32. The second kappa shape index (κ2) is 3.35. The van der Waals surface area contributed by atoms with E-state index in [1.165, 1.54) is 5.56 Å². The maximum Gasteiger partial charge on any atom is 0.133 e. The van der Waals surface area contributed by atoms with E-state index >= 15 is 0 Å². The number of halogens is 1. The van der Waals surface area contributed by atoms with Gasteiger partial charge in [0.25, 0.3) is 0 Å². The number of amidine groups is 1. The number of hydrogen-bond acceptors (Lipinski definition) is 2. The van der Waals surface area contributed by atoms with Crippen LogP contribution in [0.2, 0.25) is 0 Å². The summed E-state index contributed by atoms with van der Waals surface area (Å²) in [5.41, 5.74) is 2.32. The SMILES string of the molecule is Brc1cccc2c1CN1C=CC=CC1=N2. The molecule has 0 N–H and O–H groups in total. The van der Waals surface area contributed by atoms with Crippen LogP contribution in [0.3, 0.4) is 0 Å². The lowest BCUT2D eigenvalue weighted by Gasteiger charge is -2.27. The lowest BCUT2D eigenvalue weighted by Crippen LogP contribution is -2.27. The Bertz CT molecular complexity index is 500. The fourth-order valence-corrected chi connectivity index (χ4v) is 2.29. The van der Waals surface area contributed by atoms with Crippen LogP contribution in [0.5, 0.6) is 0 Å². The molecular formula is C12H9BrN2. The van der Waals surface area contributed by atoms with Crippen LogP contribution in [0.4, 0.5) is 5.69 Å². The van der Waals surface area contributed by atoms with E-state index in [-0.39, 0.29) is 0 Å². The molecular weight excluding hydrogens is 252 g/mol. The van der Waals surface area contributed by atoms with Gasteiger partial charge in [-0.3, -0.25) is 0 Å². The van der Waals surface area contributed by atoms with Crippen molar-refractivity contribution in [1.29, 1.82) is 0 Å². The van der Waals surface area contributed by atoms with Crippen molar-refractivity contribution in [3.63, 3.8) is 0 Å². The molecule has 2 aliphatic heterocycles. The van der Waals surface area contributed by atoms with Gasteiger partial charge in [0.1, 0.15) is 5.84 Å². The molecule has 0 unspecified atom stereocenters. The summed E-state index contributed by atoms with van der Waals surface area (Å²) in [7, 11) is 0. The van der Waals surface area contributed by atoms with Crippen molar-refractivity contribution in [1.82, 2.24) is 4.90 Å². The summed E-state index contributed by atoms with van der Waals surface area (Å²) in [6, 6.07) is 6.13. The average molecular weight is 261 g/mol. The first-order valence-corrected chi connectivity index (χ1v) is 5.61. The summed E-state index contributed by atoms with van der Waals surface area (Å²) in [5.74, 6) is 1.02. The van der Waals surface area contributed by atoms with Gasteiger partial charge in [-0.1, -0.05) is 28.1 Å². The van der Waals surface area contributed by atoms with Gasteiger partial charge in [0, 0.05) is 16.2 Å². The van der Waals surface area contributed by atoms with Crippen molar-refractivity contribution >= 4 is 27.5 Å². The van der Waals surface area contributed by atoms with Gasteiger partial charge in [0.05, 0.1) is 12.2 Å². The van der Waals surface area contributed by atoms with E-state index in [0.29, 0.717) is 0 Å². The number of allylic oxidation sites excluding steroid dienone is 2. The van der Waals surface area contributed by atoms with Crippen LogP contribution >= 0.6 is 15.9 Å². The van der Waals surface area contributed by atoms with Gasteiger partial charge in [0.15, 0.2) is 0 Å². The van der Waals surface area contributed by atoms with E-state index in [4.69, 9.17) is 0 Å². The van der Waals surface area contributed by atoms with E-state index in [9.17, 15) is 0 Å². The smallest absolute Gasteiger partial charge is 0.133 e. The lowest BCUT2D eigenvalue weighted by atomic mass is 10.1. The zero-order chi connectivity index (χ0) is 10.3. The maximum atomic E-state index is 4.60. The van der Waals surface area contributed by atoms with Crippen molar-refractivity contribution in [2.75, 3.05) is 0 Å². The second-order valence-corrected chi connectivity index (χ2v) is 4.39. The van der Waals surface area contributed by atoms with Crippen molar-refractivity contribution in [2.24, 2.45) is 4.99 Å². The minimum absolute atomic E-state index is 0.885. The van der Waals surface area contributed by atoms with Crippen LogP contribution in [-0.2, 0) is 6.54 Å². The molecule has 0 bridgehead atoms. The Hall–Kier alpha value is -1.35. The number of fused-ring (bicyclic) bond motifs is 2. The lowest BCUT2D eigenvalue weighted by molar-refractivity contribution is 0.543. The van der Waals surface area contributed by atoms with Gasteiger partial charge in [-0.2, -0.15) is 0 Å². The van der Waals surface area contributed by atoms with Crippen molar-refractivity contribution in [3.05, 3.63) is 52.7 Å². The quantitative estimate of drug-likeness (QED) is 0.699. The van der Waals surface area contributed by atoms with Crippen molar-refractivity contribution in [3.8, 4) is 0 Å². The fraction of sp³-hybridized carbons (Fsp3) is 0.0833. The van der Waals surface area contributed by atoms with Crippen LogP contribution in [0.1, 0.15) is 5.56 Å². The first-order valence-electron chi connectivity index (χ1n) is 4.82. The van der Waals surface area contributed by atoms with Gasteiger partial charge in [-0.05, 0) is 24.3 Å². The third kappa shape index (κ3) is 1.43. The molecule has 0 spiro atoms. The largest absolute Gasteiger partial charge is 0.328 e. The summed E-state index contributed by atoms with van der Waals surface area (Å²) in [5, 5.41) is 0. The van der Waals surface area contributed by atoms with Crippen molar-refractivity contribution < 1.29 is 0 Å². The first kappa shape index (κ1) is 8.92. The van der Waals surface area contributed by atoms with Crippen LogP contribution in [0.15, 0.2) is 52.1 Å². The molecule has 1 aromatic rings. The van der Waals surface area contributed by atoms with Crippen LogP contribution in [-0.4, -0.2) is 10.7 Å². The van der Waals surface area contributed by atoms with Crippen LogP contribution < -0.4 is 0 Å². The van der Waals surface area contributed by atoms with E-state index in [2.05, 4.69) is 44.2 Å². The van der Waals surface area contributed by atoms with Gasteiger partial charge in [-0.25, -0.2) is 4.99 Å². The molecule has 3 rings (SSSR count). The number of hydrogen-bond donors (Lipinski definition) is 0. The average Bonchev–Trinajstić information content (AvgIpc) is 2.27. The molecule has 0 aromatic heterocycles. The molecule has 0 fully saturated rings. The predicted molar refractivity (Wildman–Crippen MR) is 65.1 cm³/mol. The molecule has 15 heavy (non-hydrogen) atoms. The number of aliphatic imine (C=N–C) groups is 1. The molecule has 0 amide bonds. The molecule has 74 valence electrons. The summed E-state index contributed by atoms with van der Waals surface area (Å²) in [6.07, 6.45) is 8.13. The van der Waals surface area contributed by atoms with Gasteiger partial charge in [0.2, 0.25) is 0 Å². The third-order valence-corrected chi connectivity index (χ3v) is 3.32. The molecule has 2 heterocycles. The highest BCUT2D eigenvalue weighted by Gasteiger charge is 2.18. The third-order valence-electron chi connectivity index (χ3n) is 2.57. The Balaban J connectivity index is 2.16. The molecule has 0 atom stereocenters. The standard InChI is InChI=1S/C12H9BrN2/c13-10-4-3-5-11-9(10)8-15-7-2-1-6-12(15)14-11/h1-7H,8H2. The van der Waals surface area contributed by atoms with Crippen molar-refractivity contribution in [2.45, 2.75) is 6.54 Å². The molecule has 0 aliphatic carbocycles. The zero-order valence-corrected chi connectivity index (χ0v) is 9.61. The molecule has 2 aliphatic rings. The summed E-state index contributed by atoms with van der Waals surface area (Å²) in [4.78, 5) is 6.75. The van der Waals surface area contributed by atoms with Crippen LogP contribution in [0, 0.1) is 0 Å². The monoisotopic (exact) mass is 260 g/mol. The molecule has 0 saturated carbocycles. The zero-order valence-electron chi connectivity index (χ0n) is 8.02. The second-order valence-electron chi connectivity index (χ2n) is 3.54. The Morgan fingerprint density at radius 3 is 3.13 bits per heavy atom. The minimum atomic E-state index is 0.885. The summed E-state index contributed by atoms with van der Waals surface area (Å²) >= 11 is 3.56. The Labute approximate surface area is 96.8 Å². The normalized spacial score (nSPS) is 17.1. The highest BCUT2D eigenvalue weighted by molar-refractivity contribution is 9.10. The van der Waals surface area contributed by atoms with E-state index in [1.54, 1.807) is 0 Å². The summed E-state index contributed by atoms with van der Waals surface area (Å²) < 4.78 is 1.13. The Morgan fingerprint density at radius 1 is 1.27 bits per heavy atom. The Morgan fingerprint density at radius 2 is 2.20 bits per heavy atom. The van der Waals surface area contributed by atoms with Gasteiger partial charge < -0.3 is 4.90 Å². The van der Waals surface area contributed by atoms with Crippen LogP contribution in [0.25, 0.3) is 0 Å². The van der Waals surface area contributed by atoms with E-state index < -0.39 is 0 Å². The number of rotatable bonds is 0. The summed E-state index contributed by atoms with van der Waals surface area (Å²) in [6.45, 7) is 0.885. The number of benzene rings is 1. The van der Waals surface area contributed by atoms with Gasteiger partial charge in [-0.15, -0.1) is 0 Å². The Kier molecular flexibility index (Phi) is 1.99. The molecule has 3 heteroatoms. The molecule has 2 nitrogen and oxygen atoms in total. The molecule has 0 saturated heterocycles.